The zero-order chi connectivity index (χ0) is 17.5. The van der Waals surface area contributed by atoms with E-state index in [9.17, 15) is 9.18 Å². The summed E-state index contributed by atoms with van der Waals surface area (Å²) in [6.07, 6.45) is 0.553. The minimum absolute atomic E-state index is 0.260. The lowest BCUT2D eigenvalue weighted by Crippen LogP contribution is -2.38. The Morgan fingerprint density at radius 2 is 2.09 bits per heavy atom. The molecular weight excluding hydrogens is 363 g/mol. The summed E-state index contributed by atoms with van der Waals surface area (Å²) in [5.74, 6) is -0.260. The Balaban J connectivity index is 2.29. The quantitative estimate of drug-likeness (QED) is 0.706. The molecule has 0 aliphatic rings. The number of halogens is 2. The highest BCUT2D eigenvalue weighted by atomic mass is 79.9. The lowest BCUT2D eigenvalue weighted by atomic mass is 10.2. The van der Waals surface area contributed by atoms with E-state index in [1.807, 2.05) is 27.7 Å². The van der Waals surface area contributed by atoms with E-state index in [0.717, 1.165) is 18.5 Å². The number of nitrogens with one attached hydrogen (secondary N) is 1. The second-order valence-corrected chi connectivity index (χ2v) is 7.19. The van der Waals surface area contributed by atoms with Gasteiger partial charge in [-0.25, -0.2) is 9.18 Å². The minimum Gasteiger partial charge on any atom is -0.444 e. The average molecular weight is 389 g/mol. The number of carbonyl (C=O) groups excluding carboxylic acids is 1. The molecule has 1 N–H and O–H groups in total. The van der Waals surface area contributed by atoms with Gasteiger partial charge in [-0.15, -0.1) is 0 Å². The van der Waals surface area contributed by atoms with Gasteiger partial charge in [-0.3, -0.25) is 0 Å². The second-order valence-electron chi connectivity index (χ2n) is 6.34. The van der Waals surface area contributed by atoms with E-state index in [1.54, 1.807) is 17.0 Å². The summed E-state index contributed by atoms with van der Waals surface area (Å²) in [5, 5.41) is 3.29. The molecule has 0 heterocycles. The molecule has 0 aliphatic carbocycles. The molecule has 1 aromatic rings. The lowest BCUT2D eigenvalue weighted by molar-refractivity contribution is 0.0258. The highest BCUT2D eigenvalue weighted by molar-refractivity contribution is 9.10. The van der Waals surface area contributed by atoms with E-state index in [4.69, 9.17) is 4.74 Å². The Hall–Kier alpha value is -1.14. The largest absolute Gasteiger partial charge is 0.444 e. The minimum atomic E-state index is -0.473. The molecule has 0 saturated heterocycles. The molecule has 130 valence electrons. The van der Waals surface area contributed by atoms with Gasteiger partial charge in [0.2, 0.25) is 0 Å². The van der Waals surface area contributed by atoms with Crippen LogP contribution in [0.4, 0.5) is 9.18 Å². The number of rotatable bonds is 7. The van der Waals surface area contributed by atoms with Crippen molar-refractivity contribution in [1.82, 2.24) is 10.2 Å². The van der Waals surface area contributed by atoms with Crippen molar-refractivity contribution in [1.29, 1.82) is 0 Å². The van der Waals surface area contributed by atoms with E-state index in [-0.39, 0.29) is 11.9 Å². The van der Waals surface area contributed by atoms with Gasteiger partial charge >= 0.3 is 6.09 Å². The predicted octanol–water partition coefficient (Wildman–Crippen LogP) is 4.32. The summed E-state index contributed by atoms with van der Waals surface area (Å²) in [6, 6.07) is 4.97. The van der Waals surface area contributed by atoms with Gasteiger partial charge < -0.3 is 15.0 Å². The number of amides is 1. The van der Waals surface area contributed by atoms with Crippen LogP contribution in [0.3, 0.4) is 0 Å². The number of carbonyl (C=O) groups is 1. The van der Waals surface area contributed by atoms with Crippen LogP contribution in [-0.2, 0) is 11.3 Å². The lowest BCUT2D eigenvalue weighted by Gasteiger charge is -2.26. The summed E-state index contributed by atoms with van der Waals surface area (Å²) in [5.41, 5.74) is 0.538. The molecule has 0 aliphatic heterocycles. The first-order valence-corrected chi connectivity index (χ1v) is 8.65. The van der Waals surface area contributed by atoms with Crippen molar-refractivity contribution in [2.24, 2.45) is 0 Å². The van der Waals surface area contributed by atoms with Gasteiger partial charge in [0.05, 0.1) is 4.47 Å². The third-order valence-corrected chi connectivity index (χ3v) is 3.74. The highest BCUT2D eigenvalue weighted by Gasteiger charge is 2.20. The Morgan fingerprint density at radius 1 is 1.39 bits per heavy atom. The second kappa shape index (κ2) is 9.23. The van der Waals surface area contributed by atoms with Crippen molar-refractivity contribution < 1.29 is 13.9 Å². The van der Waals surface area contributed by atoms with Crippen molar-refractivity contribution in [3.05, 3.63) is 34.1 Å². The third kappa shape index (κ3) is 7.79. The maximum atomic E-state index is 13.1. The fraction of sp³-hybridized carbons (Fsp3) is 0.588. The normalized spacial score (nSPS) is 11.4. The van der Waals surface area contributed by atoms with Gasteiger partial charge in [0, 0.05) is 19.6 Å². The Labute approximate surface area is 146 Å². The van der Waals surface area contributed by atoms with Crippen molar-refractivity contribution in [2.75, 3.05) is 19.6 Å². The topological polar surface area (TPSA) is 41.6 Å². The van der Waals surface area contributed by atoms with Gasteiger partial charge in [-0.05, 0) is 74.3 Å². The molecule has 0 atom stereocenters. The molecule has 0 bridgehead atoms. The molecule has 0 spiro atoms. The van der Waals surface area contributed by atoms with Crippen LogP contribution in [0, 0.1) is 5.82 Å². The number of nitrogens with zero attached hydrogens (tertiary/aromatic N) is 1. The van der Waals surface area contributed by atoms with Crippen LogP contribution in [0.25, 0.3) is 0 Å². The van der Waals surface area contributed by atoms with Crippen LogP contribution in [0.2, 0.25) is 0 Å². The summed E-state index contributed by atoms with van der Waals surface area (Å²) in [7, 11) is 0. The van der Waals surface area contributed by atoms with E-state index in [2.05, 4.69) is 21.2 Å². The van der Waals surface area contributed by atoms with E-state index in [1.165, 1.54) is 6.07 Å². The number of hydrogen-bond acceptors (Lipinski definition) is 3. The van der Waals surface area contributed by atoms with Crippen molar-refractivity contribution in [2.45, 2.75) is 46.3 Å². The fourth-order valence-corrected chi connectivity index (χ4v) is 2.41. The molecule has 23 heavy (non-hydrogen) atoms. The van der Waals surface area contributed by atoms with Crippen molar-refractivity contribution in [3.8, 4) is 0 Å². The van der Waals surface area contributed by atoms with Crippen LogP contribution in [-0.4, -0.2) is 36.2 Å². The Morgan fingerprint density at radius 3 is 2.65 bits per heavy atom. The van der Waals surface area contributed by atoms with Crippen LogP contribution in [0.15, 0.2) is 22.7 Å². The van der Waals surface area contributed by atoms with Crippen LogP contribution >= 0.6 is 15.9 Å². The van der Waals surface area contributed by atoms with Gasteiger partial charge in [0.1, 0.15) is 11.4 Å². The standard InChI is InChI=1S/C17H26BrFN2O2/c1-5-21(16(22)23-17(2,3)4)10-6-9-20-12-13-7-8-15(19)14(18)11-13/h7-8,11,20H,5-6,9-10,12H2,1-4H3. The highest BCUT2D eigenvalue weighted by Crippen LogP contribution is 2.16. The predicted molar refractivity (Wildman–Crippen MR) is 93.9 cm³/mol. The smallest absolute Gasteiger partial charge is 0.410 e. The molecule has 1 amide bonds. The number of ether oxygens (including phenoxy) is 1. The first kappa shape index (κ1) is 19.9. The molecule has 1 aromatic carbocycles. The SMILES string of the molecule is CCN(CCCNCc1ccc(F)c(Br)c1)C(=O)OC(C)(C)C. The third-order valence-electron chi connectivity index (χ3n) is 3.13. The van der Waals surface area contributed by atoms with E-state index < -0.39 is 5.60 Å². The van der Waals surface area contributed by atoms with Gasteiger partial charge in [0.25, 0.3) is 0 Å². The van der Waals surface area contributed by atoms with Gasteiger partial charge in [-0.1, -0.05) is 6.07 Å². The first-order valence-electron chi connectivity index (χ1n) is 7.85. The molecule has 0 saturated carbocycles. The zero-order valence-corrected chi connectivity index (χ0v) is 15.9. The summed E-state index contributed by atoms with van der Waals surface area (Å²) < 4.78 is 19.0. The molecule has 0 aromatic heterocycles. The summed E-state index contributed by atoms with van der Waals surface area (Å²) in [4.78, 5) is 13.7. The number of hydrogen-bond donors (Lipinski definition) is 1. The molecule has 0 unspecified atom stereocenters. The fourth-order valence-electron chi connectivity index (χ4n) is 1.98. The van der Waals surface area contributed by atoms with Crippen LogP contribution in [0.1, 0.15) is 39.7 Å². The van der Waals surface area contributed by atoms with Gasteiger partial charge in [-0.2, -0.15) is 0 Å². The molecular formula is C17H26BrFN2O2. The Bertz CT molecular complexity index is 518. The first-order chi connectivity index (χ1) is 10.7. The summed E-state index contributed by atoms with van der Waals surface area (Å²) >= 11 is 3.18. The monoisotopic (exact) mass is 388 g/mol. The molecule has 4 nitrogen and oxygen atoms in total. The van der Waals surface area contributed by atoms with Crippen LogP contribution in [0.5, 0.6) is 0 Å². The average Bonchev–Trinajstić information content (AvgIpc) is 2.44. The van der Waals surface area contributed by atoms with Crippen molar-refractivity contribution >= 4 is 22.0 Å². The molecule has 0 radical (unpaired) electrons. The molecule has 1 rings (SSSR count). The maximum absolute atomic E-state index is 13.1. The summed E-state index contributed by atoms with van der Waals surface area (Å²) in [6.45, 7) is 10.2. The van der Waals surface area contributed by atoms with E-state index >= 15 is 0 Å². The number of benzene rings is 1. The van der Waals surface area contributed by atoms with Crippen LogP contribution < -0.4 is 5.32 Å². The van der Waals surface area contributed by atoms with Crippen molar-refractivity contribution in [3.63, 3.8) is 0 Å². The zero-order valence-electron chi connectivity index (χ0n) is 14.3. The van der Waals surface area contributed by atoms with Gasteiger partial charge in [0.15, 0.2) is 0 Å². The Kier molecular flexibility index (Phi) is 7.99. The molecule has 6 heteroatoms. The maximum Gasteiger partial charge on any atom is 0.410 e. The van der Waals surface area contributed by atoms with E-state index in [0.29, 0.717) is 24.1 Å². The molecule has 0 fully saturated rings.